The van der Waals surface area contributed by atoms with E-state index in [0.29, 0.717) is 19.0 Å². The van der Waals surface area contributed by atoms with Crippen LogP contribution < -0.4 is 10.1 Å². The molecule has 0 saturated carbocycles. The minimum atomic E-state index is 0.0697. The highest BCUT2D eigenvalue weighted by atomic mass is 16.5. The zero-order valence-corrected chi connectivity index (χ0v) is 12.0. The van der Waals surface area contributed by atoms with Gasteiger partial charge in [-0.1, -0.05) is 18.2 Å². The molecule has 20 heavy (non-hydrogen) atoms. The van der Waals surface area contributed by atoms with E-state index in [9.17, 15) is 4.79 Å². The van der Waals surface area contributed by atoms with E-state index < -0.39 is 0 Å². The summed E-state index contributed by atoms with van der Waals surface area (Å²) in [4.78, 5) is 13.9. The number of benzene rings is 1. The van der Waals surface area contributed by atoms with Crippen LogP contribution in [0.4, 0.5) is 0 Å². The zero-order valence-electron chi connectivity index (χ0n) is 12.0. The highest BCUT2D eigenvalue weighted by Crippen LogP contribution is 2.28. The molecule has 108 valence electrons. The molecule has 0 spiro atoms. The summed E-state index contributed by atoms with van der Waals surface area (Å²) in [5, 5.41) is 2.81. The molecular weight excluding hydrogens is 252 g/mol. The first kappa shape index (κ1) is 14.6. The summed E-state index contributed by atoms with van der Waals surface area (Å²) in [6, 6.07) is 8.22. The van der Waals surface area contributed by atoms with Crippen LogP contribution in [0.2, 0.25) is 0 Å². The molecule has 0 radical (unpaired) electrons. The number of rotatable bonds is 6. The molecule has 0 aromatic heterocycles. The zero-order chi connectivity index (χ0) is 14.4. The van der Waals surface area contributed by atoms with Crippen LogP contribution in [0.15, 0.2) is 36.9 Å². The number of nitrogens with zero attached hydrogens (tertiary/aromatic N) is 1. The van der Waals surface area contributed by atoms with Crippen LogP contribution in [0.25, 0.3) is 0 Å². The first-order valence-electron chi connectivity index (χ1n) is 6.97. The average molecular weight is 274 g/mol. The van der Waals surface area contributed by atoms with E-state index in [1.54, 1.807) is 13.2 Å². The number of nitrogens with one attached hydrogen (secondary N) is 1. The number of ether oxygens (including phenoxy) is 1. The normalized spacial score (nSPS) is 18.8. The van der Waals surface area contributed by atoms with Gasteiger partial charge in [-0.15, -0.1) is 6.58 Å². The summed E-state index contributed by atoms with van der Waals surface area (Å²) < 4.78 is 5.17. The van der Waals surface area contributed by atoms with E-state index in [4.69, 9.17) is 4.74 Å². The molecule has 4 nitrogen and oxygen atoms in total. The summed E-state index contributed by atoms with van der Waals surface area (Å²) >= 11 is 0. The molecule has 1 atom stereocenters. The third kappa shape index (κ3) is 3.84. The van der Waals surface area contributed by atoms with Gasteiger partial charge in [0.1, 0.15) is 5.75 Å². The van der Waals surface area contributed by atoms with Crippen LogP contribution >= 0.6 is 0 Å². The summed E-state index contributed by atoms with van der Waals surface area (Å²) in [7, 11) is 1.67. The van der Waals surface area contributed by atoms with E-state index in [2.05, 4.69) is 28.9 Å². The summed E-state index contributed by atoms with van der Waals surface area (Å²) in [6.45, 7) is 6.51. The monoisotopic (exact) mass is 274 g/mol. The van der Waals surface area contributed by atoms with E-state index in [1.807, 2.05) is 12.1 Å². The highest BCUT2D eigenvalue weighted by Gasteiger charge is 2.24. The van der Waals surface area contributed by atoms with Crippen LogP contribution in [0.5, 0.6) is 5.75 Å². The van der Waals surface area contributed by atoms with Gasteiger partial charge in [-0.3, -0.25) is 9.69 Å². The number of hydrogen-bond acceptors (Lipinski definition) is 3. The average Bonchev–Trinajstić information content (AvgIpc) is 2.93. The van der Waals surface area contributed by atoms with E-state index in [1.165, 1.54) is 5.56 Å². The van der Waals surface area contributed by atoms with Gasteiger partial charge < -0.3 is 10.1 Å². The maximum atomic E-state index is 11.7. The standard InChI is InChI=1S/C16H22N2O2/c1-3-9-17-16(19)12-18-10-8-14(11-18)13-4-6-15(20-2)7-5-13/h3-7,14H,1,8-12H2,2H3,(H,17,19)/t14-/m0/s1. The van der Waals surface area contributed by atoms with Gasteiger partial charge in [0.15, 0.2) is 0 Å². The maximum absolute atomic E-state index is 11.7. The number of likely N-dealkylation sites (tertiary alicyclic amines) is 1. The van der Waals surface area contributed by atoms with Gasteiger partial charge in [0.25, 0.3) is 0 Å². The van der Waals surface area contributed by atoms with Gasteiger partial charge in [-0.05, 0) is 36.6 Å². The second kappa shape index (κ2) is 7.10. The maximum Gasteiger partial charge on any atom is 0.234 e. The van der Waals surface area contributed by atoms with Crippen molar-refractivity contribution in [1.29, 1.82) is 0 Å². The van der Waals surface area contributed by atoms with Crippen molar-refractivity contribution in [2.75, 3.05) is 33.3 Å². The molecule has 1 aliphatic rings. The first-order valence-corrected chi connectivity index (χ1v) is 6.97. The topological polar surface area (TPSA) is 41.6 Å². The summed E-state index contributed by atoms with van der Waals surface area (Å²) in [6.07, 6.45) is 2.79. The van der Waals surface area contributed by atoms with Crippen molar-refractivity contribution in [3.63, 3.8) is 0 Å². The Balaban J connectivity index is 1.85. The Hall–Kier alpha value is -1.81. The van der Waals surface area contributed by atoms with E-state index >= 15 is 0 Å². The molecule has 1 N–H and O–H groups in total. The predicted octanol–water partition coefficient (Wildman–Crippen LogP) is 1.79. The fraction of sp³-hybridized carbons (Fsp3) is 0.438. The molecule has 1 saturated heterocycles. The molecule has 0 unspecified atom stereocenters. The van der Waals surface area contributed by atoms with Crippen LogP contribution in [-0.2, 0) is 4.79 Å². The number of carbonyl (C=O) groups is 1. The van der Waals surface area contributed by atoms with Gasteiger partial charge in [0, 0.05) is 13.1 Å². The summed E-state index contributed by atoms with van der Waals surface area (Å²) in [5.74, 6) is 1.46. The molecule has 1 amide bonds. The van der Waals surface area contributed by atoms with Crippen molar-refractivity contribution in [1.82, 2.24) is 10.2 Å². The molecular formula is C16H22N2O2. The lowest BCUT2D eigenvalue weighted by Crippen LogP contribution is -2.36. The van der Waals surface area contributed by atoms with Crippen molar-refractivity contribution < 1.29 is 9.53 Å². The lowest BCUT2D eigenvalue weighted by Gasteiger charge is -2.15. The number of hydrogen-bond donors (Lipinski definition) is 1. The Morgan fingerprint density at radius 2 is 2.25 bits per heavy atom. The second-order valence-corrected chi connectivity index (χ2v) is 5.09. The van der Waals surface area contributed by atoms with Crippen LogP contribution in [0.3, 0.4) is 0 Å². The number of amides is 1. The third-order valence-corrected chi connectivity index (χ3v) is 3.67. The van der Waals surface area contributed by atoms with Gasteiger partial charge in [0.2, 0.25) is 5.91 Å². The Kier molecular flexibility index (Phi) is 5.18. The minimum absolute atomic E-state index is 0.0697. The van der Waals surface area contributed by atoms with Crippen molar-refractivity contribution in [2.45, 2.75) is 12.3 Å². The molecule has 1 aromatic rings. The predicted molar refractivity (Wildman–Crippen MR) is 80.0 cm³/mol. The van der Waals surface area contributed by atoms with Crippen molar-refractivity contribution >= 4 is 5.91 Å². The van der Waals surface area contributed by atoms with Gasteiger partial charge in [-0.2, -0.15) is 0 Å². The SMILES string of the molecule is C=CCNC(=O)CN1CC[C@H](c2ccc(OC)cc2)C1. The van der Waals surface area contributed by atoms with Crippen LogP contribution in [0.1, 0.15) is 17.9 Å². The van der Waals surface area contributed by atoms with E-state index in [-0.39, 0.29) is 5.91 Å². The Labute approximate surface area is 120 Å². The lowest BCUT2D eigenvalue weighted by molar-refractivity contribution is -0.121. The van der Waals surface area contributed by atoms with Gasteiger partial charge in [0.05, 0.1) is 13.7 Å². The second-order valence-electron chi connectivity index (χ2n) is 5.09. The number of methoxy groups -OCH3 is 1. The van der Waals surface area contributed by atoms with E-state index in [0.717, 1.165) is 25.3 Å². The first-order chi connectivity index (χ1) is 9.72. The fourth-order valence-corrected chi connectivity index (χ4v) is 2.57. The molecule has 1 aliphatic heterocycles. The molecule has 1 heterocycles. The number of carbonyl (C=O) groups excluding carboxylic acids is 1. The van der Waals surface area contributed by atoms with Gasteiger partial charge >= 0.3 is 0 Å². The highest BCUT2D eigenvalue weighted by molar-refractivity contribution is 5.78. The Bertz CT molecular complexity index is 456. The fourth-order valence-electron chi connectivity index (χ4n) is 2.57. The Morgan fingerprint density at radius 3 is 2.90 bits per heavy atom. The molecule has 1 aromatic carbocycles. The van der Waals surface area contributed by atoms with Crippen LogP contribution in [0, 0.1) is 0 Å². The molecule has 0 aliphatic carbocycles. The quantitative estimate of drug-likeness (QED) is 0.804. The van der Waals surface area contributed by atoms with Crippen molar-refractivity contribution in [3.05, 3.63) is 42.5 Å². The van der Waals surface area contributed by atoms with Crippen LogP contribution in [-0.4, -0.2) is 44.1 Å². The smallest absolute Gasteiger partial charge is 0.234 e. The third-order valence-electron chi connectivity index (χ3n) is 3.67. The molecule has 0 bridgehead atoms. The largest absolute Gasteiger partial charge is 0.497 e. The molecule has 1 fully saturated rings. The van der Waals surface area contributed by atoms with Gasteiger partial charge in [-0.25, -0.2) is 0 Å². The Morgan fingerprint density at radius 1 is 1.50 bits per heavy atom. The summed E-state index contributed by atoms with van der Waals surface area (Å²) in [5.41, 5.74) is 1.32. The lowest BCUT2D eigenvalue weighted by atomic mass is 9.98. The molecule has 2 rings (SSSR count). The minimum Gasteiger partial charge on any atom is -0.497 e. The van der Waals surface area contributed by atoms with Crippen molar-refractivity contribution in [2.24, 2.45) is 0 Å². The van der Waals surface area contributed by atoms with Crippen molar-refractivity contribution in [3.8, 4) is 5.75 Å². The molecule has 4 heteroatoms.